The van der Waals surface area contributed by atoms with Crippen molar-refractivity contribution in [1.82, 2.24) is 4.90 Å². The van der Waals surface area contributed by atoms with Gasteiger partial charge in [0, 0.05) is 12.6 Å². The van der Waals surface area contributed by atoms with Crippen molar-refractivity contribution >= 4 is 0 Å². The Morgan fingerprint density at radius 1 is 1.14 bits per heavy atom. The van der Waals surface area contributed by atoms with Crippen LogP contribution >= 0.6 is 0 Å². The van der Waals surface area contributed by atoms with E-state index >= 15 is 0 Å². The fourth-order valence-electron chi connectivity index (χ4n) is 3.39. The summed E-state index contributed by atoms with van der Waals surface area (Å²) in [6.07, 6.45) is 5.07. The predicted molar refractivity (Wildman–Crippen MR) is 86.4 cm³/mol. The van der Waals surface area contributed by atoms with E-state index in [9.17, 15) is 10.2 Å². The highest BCUT2D eigenvalue weighted by Gasteiger charge is 2.21. The molecule has 1 aliphatic rings. The summed E-state index contributed by atoms with van der Waals surface area (Å²) in [4.78, 5) is 2.36. The van der Waals surface area contributed by atoms with Crippen molar-refractivity contribution < 1.29 is 10.2 Å². The van der Waals surface area contributed by atoms with E-state index in [4.69, 9.17) is 0 Å². The van der Waals surface area contributed by atoms with Crippen molar-refractivity contribution in [2.75, 3.05) is 19.7 Å². The van der Waals surface area contributed by atoms with Crippen molar-refractivity contribution in [3.05, 3.63) is 34.9 Å². The third-order valence-corrected chi connectivity index (χ3v) is 4.53. The predicted octanol–water partition coefficient (Wildman–Crippen LogP) is 2.96. The summed E-state index contributed by atoms with van der Waals surface area (Å²) in [6.45, 7) is 6.28. The van der Waals surface area contributed by atoms with Gasteiger partial charge < -0.3 is 10.2 Å². The molecular formula is C18H29NO2. The molecule has 0 bridgehead atoms. The van der Waals surface area contributed by atoms with E-state index in [0.29, 0.717) is 0 Å². The molecule has 0 spiro atoms. The molecule has 21 heavy (non-hydrogen) atoms. The van der Waals surface area contributed by atoms with Crippen LogP contribution in [0.1, 0.15) is 54.9 Å². The highest BCUT2D eigenvalue weighted by Crippen LogP contribution is 2.22. The Hall–Kier alpha value is -0.900. The molecule has 0 aromatic heterocycles. The molecule has 2 unspecified atom stereocenters. The Morgan fingerprint density at radius 3 is 2.52 bits per heavy atom. The van der Waals surface area contributed by atoms with Crippen LogP contribution in [0.4, 0.5) is 0 Å². The lowest BCUT2D eigenvalue weighted by Crippen LogP contribution is -2.38. The van der Waals surface area contributed by atoms with Gasteiger partial charge in [0.25, 0.3) is 0 Å². The normalized spacial score (nSPS) is 22.0. The molecule has 0 radical (unpaired) electrons. The van der Waals surface area contributed by atoms with Gasteiger partial charge in [0.05, 0.1) is 12.7 Å². The van der Waals surface area contributed by atoms with E-state index in [2.05, 4.69) is 36.9 Å². The molecule has 0 amide bonds. The minimum Gasteiger partial charge on any atom is -0.395 e. The molecule has 1 saturated heterocycles. The Balaban J connectivity index is 1.94. The topological polar surface area (TPSA) is 43.7 Å². The first-order valence-electron chi connectivity index (χ1n) is 8.21. The van der Waals surface area contributed by atoms with E-state index in [1.165, 1.54) is 30.4 Å². The summed E-state index contributed by atoms with van der Waals surface area (Å²) in [5.74, 6) is 0. The van der Waals surface area contributed by atoms with Gasteiger partial charge in [-0.15, -0.1) is 0 Å². The van der Waals surface area contributed by atoms with Crippen LogP contribution in [0.2, 0.25) is 0 Å². The van der Waals surface area contributed by atoms with Gasteiger partial charge in [-0.25, -0.2) is 0 Å². The molecule has 1 fully saturated rings. The van der Waals surface area contributed by atoms with Crippen molar-refractivity contribution in [2.45, 2.75) is 58.1 Å². The average Bonchev–Trinajstić information content (AvgIpc) is 2.68. The number of aliphatic hydroxyl groups is 2. The second-order valence-electron chi connectivity index (χ2n) is 6.45. The van der Waals surface area contributed by atoms with Crippen molar-refractivity contribution in [2.24, 2.45) is 0 Å². The molecule has 1 aromatic carbocycles. The van der Waals surface area contributed by atoms with Gasteiger partial charge in [0.15, 0.2) is 0 Å². The Morgan fingerprint density at radius 2 is 1.86 bits per heavy atom. The van der Waals surface area contributed by atoms with Crippen molar-refractivity contribution in [3.63, 3.8) is 0 Å². The van der Waals surface area contributed by atoms with E-state index < -0.39 is 6.10 Å². The van der Waals surface area contributed by atoms with Crippen LogP contribution in [-0.4, -0.2) is 40.9 Å². The van der Waals surface area contributed by atoms with Crippen LogP contribution in [0.5, 0.6) is 0 Å². The van der Waals surface area contributed by atoms with E-state index in [0.717, 1.165) is 31.5 Å². The minimum absolute atomic E-state index is 0.236. The zero-order valence-corrected chi connectivity index (χ0v) is 13.4. The number of benzene rings is 1. The van der Waals surface area contributed by atoms with Crippen LogP contribution in [0.25, 0.3) is 0 Å². The monoisotopic (exact) mass is 291 g/mol. The van der Waals surface area contributed by atoms with E-state index in [1.54, 1.807) is 0 Å². The molecule has 1 aliphatic heterocycles. The van der Waals surface area contributed by atoms with Gasteiger partial charge in [-0.1, -0.05) is 42.2 Å². The number of hydrogen-bond acceptors (Lipinski definition) is 3. The Kier molecular flexibility index (Phi) is 6.22. The molecule has 3 nitrogen and oxygen atoms in total. The maximum Gasteiger partial charge on any atom is 0.0802 e. The molecule has 118 valence electrons. The summed E-state index contributed by atoms with van der Waals surface area (Å²) < 4.78 is 0. The van der Waals surface area contributed by atoms with Gasteiger partial charge in [-0.3, -0.25) is 4.90 Å². The van der Waals surface area contributed by atoms with Crippen LogP contribution in [0.15, 0.2) is 18.2 Å². The highest BCUT2D eigenvalue weighted by molar-refractivity contribution is 5.29. The number of nitrogens with zero attached hydrogens (tertiary/aromatic N) is 1. The summed E-state index contributed by atoms with van der Waals surface area (Å²) in [6, 6.07) is 6.55. The molecule has 0 aliphatic carbocycles. The fraction of sp³-hybridized carbons (Fsp3) is 0.667. The average molecular weight is 291 g/mol. The second-order valence-corrected chi connectivity index (χ2v) is 6.45. The Bertz CT molecular complexity index is 427. The lowest BCUT2D eigenvalue weighted by atomic mass is 10.0. The Labute approximate surface area is 128 Å². The lowest BCUT2D eigenvalue weighted by Gasteiger charge is -2.29. The molecule has 0 saturated carbocycles. The van der Waals surface area contributed by atoms with Gasteiger partial charge >= 0.3 is 0 Å². The van der Waals surface area contributed by atoms with E-state index in [-0.39, 0.29) is 12.6 Å². The third-order valence-electron chi connectivity index (χ3n) is 4.53. The number of hydrogen-bond donors (Lipinski definition) is 2. The fourth-order valence-corrected chi connectivity index (χ4v) is 3.39. The number of likely N-dealkylation sites (tertiary alicyclic amines) is 1. The van der Waals surface area contributed by atoms with Crippen molar-refractivity contribution in [1.29, 1.82) is 0 Å². The number of aliphatic hydroxyl groups excluding tert-OH is 2. The van der Waals surface area contributed by atoms with Crippen LogP contribution in [0, 0.1) is 13.8 Å². The van der Waals surface area contributed by atoms with Gasteiger partial charge in [0.1, 0.15) is 0 Å². The molecule has 1 heterocycles. The zero-order chi connectivity index (χ0) is 15.2. The van der Waals surface area contributed by atoms with Gasteiger partial charge in [-0.05, 0) is 45.2 Å². The molecule has 1 aromatic rings. The first-order valence-corrected chi connectivity index (χ1v) is 8.21. The molecule has 2 N–H and O–H groups in total. The quantitative estimate of drug-likeness (QED) is 0.876. The molecule has 3 heteroatoms. The van der Waals surface area contributed by atoms with Crippen LogP contribution in [-0.2, 0) is 0 Å². The zero-order valence-electron chi connectivity index (χ0n) is 13.4. The summed E-state index contributed by atoms with van der Waals surface area (Å²) in [5.41, 5.74) is 3.42. The smallest absolute Gasteiger partial charge is 0.0802 e. The first kappa shape index (κ1) is 16.5. The van der Waals surface area contributed by atoms with Crippen LogP contribution in [0.3, 0.4) is 0 Å². The maximum atomic E-state index is 10.4. The largest absolute Gasteiger partial charge is 0.395 e. The number of rotatable bonds is 5. The number of aryl methyl sites for hydroxylation is 2. The lowest BCUT2D eigenvalue weighted by molar-refractivity contribution is 0.0947. The molecule has 2 atom stereocenters. The molecular weight excluding hydrogens is 262 g/mol. The second kappa shape index (κ2) is 7.92. The van der Waals surface area contributed by atoms with E-state index in [1.807, 2.05) is 0 Å². The highest BCUT2D eigenvalue weighted by atomic mass is 16.3. The maximum absolute atomic E-state index is 10.4. The van der Waals surface area contributed by atoms with Gasteiger partial charge in [-0.2, -0.15) is 0 Å². The van der Waals surface area contributed by atoms with Gasteiger partial charge in [0.2, 0.25) is 0 Å². The first-order chi connectivity index (χ1) is 10.1. The summed E-state index contributed by atoms with van der Waals surface area (Å²) in [7, 11) is 0. The van der Waals surface area contributed by atoms with Crippen molar-refractivity contribution in [3.8, 4) is 0 Å². The molecule has 2 rings (SSSR count). The minimum atomic E-state index is -0.411. The SMILES string of the molecule is Cc1cc(C)cc(C(O)CCN2CCCCCC2CO)c1. The standard InChI is InChI=1S/C18H29NO2/c1-14-10-15(2)12-16(11-14)18(21)7-9-19-8-5-3-4-6-17(19)13-20/h10-12,17-18,20-21H,3-9,13H2,1-2H3. The third kappa shape index (κ3) is 4.80. The summed E-state index contributed by atoms with van der Waals surface area (Å²) in [5, 5.41) is 20.0. The van der Waals surface area contributed by atoms with Crippen LogP contribution < -0.4 is 0 Å². The summed E-state index contributed by atoms with van der Waals surface area (Å²) >= 11 is 0.